The molecule has 0 radical (unpaired) electrons. The van der Waals surface area contributed by atoms with Crippen LogP contribution in [0.15, 0.2) is 17.5 Å². The maximum absolute atomic E-state index is 4.87. The highest BCUT2D eigenvalue weighted by molar-refractivity contribution is 7.13. The van der Waals surface area contributed by atoms with E-state index in [1.807, 2.05) is 0 Å². The number of rotatable bonds is 4. The van der Waals surface area contributed by atoms with Gasteiger partial charge in [0, 0.05) is 37.3 Å². The van der Waals surface area contributed by atoms with Gasteiger partial charge >= 0.3 is 0 Å². The molecule has 0 unspecified atom stereocenters. The summed E-state index contributed by atoms with van der Waals surface area (Å²) >= 11 is 1.77. The van der Waals surface area contributed by atoms with Crippen molar-refractivity contribution in [2.75, 3.05) is 27.2 Å². The van der Waals surface area contributed by atoms with Crippen molar-refractivity contribution in [3.63, 3.8) is 0 Å². The summed E-state index contributed by atoms with van der Waals surface area (Å²) in [5.74, 6) is 0. The molecule has 0 aromatic carbocycles. The van der Waals surface area contributed by atoms with E-state index in [-0.39, 0.29) is 0 Å². The van der Waals surface area contributed by atoms with Crippen LogP contribution in [0.4, 0.5) is 0 Å². The Balaban J connectivity index is 1.96. The molecule has 19 heavy (non-hydrogen) atoms. The van der Waals surface area contributed by atoms with Gasteiger partial charge in [-0.05, 0) is 25.5 Å². The lowest BCUT2D eigenvalue weighted by Crippen LogP contribution is -2.26. The first kappa shape index (κ1) is 12.8. The van der Waals surface area contributed by atoms with Gasteiger partial charge in [0.2, 0.25) is 0 Å². The molecule has 2 aromatic rings. The Morgan fingerprint density at radius 3 is 3.11 bits per heavy atom. The standard InChI is InChI=1S/C14H20N4S/c1-17(2)7-8-18-12-5-6-15-10-11(12)14(16-18)13-4-3-9-19-13/h3-4,9,15H,5-8,10H2,1-2H3. The normalized spacial score (nSPS) is 14.9. The first-order chi connectivity index (χ1) is 9.25. The Bertz CT molecular complexity index is 542. The largest absolute Gasteiger partial charge is 0.312 e. The molecule has 1 aliphatic rings. The lowest BCUT2D eigenvalue weighted by molar-refractivity contribution is 0.368. The molecule has 0 aliphatic carbocycles. The van der Waals surface area contributed by atoms with Crippen LogP contribution >= 0.6 is 11.3 Å². The summed E-state index contributed by atoms with van der Waals surface area (Å²) in [5, 5.41) is 10.5. The number of hydrogen-bond acceptors (Lipinski definition) is 4. The number of nitrogens with one attached hydrogen (secondary N) is 1. The Morgan fingerprint density at radius 1 is 1.47 bits per heavy atom. The van der Waals surface area contributed by atoms with Crippen LogP contribution < -0.4 is 5.32 Å². The van der Waals surface area contributed by atoms with Crippen molar-refractivity contribution in [3.8, 4) is 10.6 Å². The average molecular weight is 276 g/mol. The monoisotopic (exact) mass is 276 g/mol. The van der Waals surface area contributed by atoms with Crippen LogP contribution in [0.5, 0.6) is 0 Å². The van der Waals surface area contributed by atoms with Crippen molar-refractivity contribution in [1.82, 2.24) is 20.0 Å². The van der Waals surface area contributed by atoms with Gasteiger partial charge in [-0.1, -0.05) is 6.07 Å². The van der Waals surface area contributed by atoms with Gasteiger partial charge in [-0.25, -0.2) is 0 Å². The Labute approximate surface area is 118 Å². The second-order valence-electron chi connectivity index (χ2n) is 5.20. The summed E-state index contributed by atoms with van der Waals surface area (Å²) in [4.78, 5) is 3.49. The van der Waals surface area contributed by atoms with Gasteiger partial charge in [0.15, 0.2) is 0 Å². The minimum atomic E-state index is 0.949. The van der Waals surface area contributed by atoms with Gasteiger partial charge in [0.05, 0.1) is 11.4 Å². The molecule has 1 N–H and O–H groups in total. The summed E-state index contributed by atoms with van der Waals surface area (Å²) in [5.41, 5.74) is 3.99. The summed E-state index contributed by atoms with van der Waals surface area (Å²) < 4.78 is 2.21. The molecule has 1 aliphatic heterocycles. The van der Waals surface area contributed by atoms with E-state index >= 15 is 0 Å². The SMILES string of the molecule is CN(C)CCn1nc(-c2cccs2)c2c1CCNC2. The van der Waals surface area contributed by atoms with Gasteiger partial charge < -0.3 is 10.2 Å². The lowest BCUT2D eigenvalue weighted by atomic mass is 10.1. The Hall–Kier alpha value is -1.17. The molecule has 0 amide bonds. The fourth-order valence-corrected chi connectivity index (χ4v) is 3.25. The number of thiophene rings is 1. The molecule has 0 saturated carbocycles. The van der Waals surface area contributed by atoms with E-state index in [0.717, 1.165) is 32.6 Å². The molecule has 2 aromatic heterocycles. The Morgan fingerprint density at radius 2 is 2.37 bits per heavy atom. The molecular formula is C14H20N4S. The summed E-state index contributed by atoms with van der Waals surface area (Å²) in [6.07, 6.45) is 1.08. The van der Waals surface area contributed by atoms with E-state index in [1.165, 1.54) is 21.8 Å². The number of nitrogens with zero attached hydrogens (tertiary/aromatic N) is 3. The van der Waals surface area contributed by atoms with Crippen molar-refractivity contribution < 1.29 is 0 Å². The average Bonchev–Trinajstić information content (AvgIpc) is 3.03. The smallest absolute Gasteiger partial charge is 0.107 e. The highest BCUT2D eigenvalue weighted by Crippen LogP contribution is 2.30. The van der Waals surface area contributed by atoms with Gasteiger partial charge in [0.25, 0.3) is 0 Å². The van der Waals surface area contributed by atoms with Gasteiger partial charge in [-0.3, -0.25) is 4.68 Å². The van der Waals surface area contributed by atoms with E-state index < -0.39 is 0 Å². The van der Waals surface area contributed by atoms with Crippen molar-refractivity contribution in [2.24, 2.45) is 0 Å². The second-order valence-corrected chi connectivity index (χ2v) is 6.15. The molecule has 5 heteroatoms. The van der Waals surface area contributed by atoms with Gasteiger partial charge in [-0.2, -0.15) is 5.10 Å². The van der Waals surface area contributed by atoms with Crippen molar-refractivity contribution in [2.45, 2.75) is 19.5 Å². The molecule has 0 fully saturated rings. The van der Waals surface area contributed by atoms with E-state index in [9.17, 15) is 0 Å². The van der Waals surface area contributed by atoms with Crippen LogP contribution in [0.25, 0.3) is 10.6 Å². The predicted molar refractivity (Wildman–Crippen MR) is 79.5 cm³/mol. The minimum absolute atomic E-state index is 0.949. The van der Waals surface area contributed by atoms with E-state index in [1.54, 1.807) is 11.3 Å². The second kappa shape index (κ2) is 5.45. The van der Waals surface area contributed by atoms with Crippen LogP contribution in [-0.2, 0) is 19.5 Å². The zero-order chi connectivity index (χ0) is 13.2. The fraction of sp³-hybridized carbons (Fsp3) is 0.500. The number of fused-ring (bicyclic) bond motifs is 1. The predicted octanol–water partition coefficient (Wildman–Crippen LogP) is 1.82. The fourth-order valence-electron chi connectivity index (χ4n) is 2.51. The highest BCUT2D eigenvalue weighted by Gasteiger charge is 2.21. The van der Waals surface area contributed by atoms with Crippen LogP contribution in [0.1, 0.15) is 11.3 Å². The topological polar surface area (TPSA) is 33.1 Å². The highest BCUT2D eigenvalue weighted by atomic mass is 32.1. The van der Waals surface area contributed by atoms with Gasteiger partial charge in [0.1, 0.15) is 5.69 Å². The van der Waals surface area contributed by atoms with E-state index in [4.69, 9.17) is 5.10 Å². The van der Waals surface area contributed by atoms with Crippen molar-refractivity contribution >= 4 is 11.3 Å². The third-order valence-electron chi connectivity index (χ3n) is 3.52. The van der Waals surface area contributed by atoms with Crippen LogP contribution in [0.2, 0.25) is 0 Å². The summed E-state index contributed by atoms with van der Waals surface area (Å²) in [6, 6.07) is 4.26. The molecular weight excluding hydrogens is 256 g/mol. The molecule has 0 spiro atoms. The third kappa shape index (κ3) is 2.59. The molecule has 0 saturated heterocycles. The van der Waals surface area contributed by atoms with Crippen LogP contribution in [-0.4, -0.2) is 41.9 Å². The molecule has 4 nitrogen and oxygen atoms in total. The Kier molecular flexibility index (Phi) is 3.68. The zero-order valence-electron chi connectivity index (χ0n) is 11.5. The number of likely N-dealkylation sites (N-methyl/N-ethyl adjacent to an activating group) is 1. The van der Waals surface area contributed by atoms with E-state index in [2.05, 4.69) is 46.5 Å². The van der Waals surface area contributed by atoms with E-state index in [0.29, 0.717) is 0 Å². The zero-order valence-corrected chi connectivity index (χ0v) is 12.3. The number of aromatic nitrogens is 2. The van der Waals surface area contributed by atoms with Crippen LogP contribution in [0.3, 0.4) is 0 Å². The van der Waals surface area contributed by atoms with Crippen molar-refractivity contribution in [1.29, 1.82) is 0 Å². The maximum Gasteiger partial charge on any atom is 0.107 e. The van der Waals surface area contributed by atoms with Crippen molar-refractivity contribution in [3.05, 3.63) is 28.8 Å². The maximum atomic E-state index is 4.87. The first-order valence-corrected chi connectivity index (χ1v) is 7.61. The molecule has 0 bridgehead atoms. The first-order valence-electron chi connectivity index (χ1n) is 6.73. The molecule has 3 heterocycles. The third-order valence-corrected chi connectivity index (χ3v) is 4.40. The molecule has 102 valence electrons. The van der Waals surface area contributed by atoms with Crippen LogP contribution in [0, 0.1) is 0 Å². The summed E-state index contributed by atoms with van der Waals surface area (Å²) in [7, 11) is 4.22. The van der Waals surface area contributed by atoms with Gasteiger partial charge in [-0.15, -0.1) is 11.3 Å². The minimum Gasteiger partial charge on any atom is -0.312 e. The quantitative estimate of drug-likeness (QED) is 0.924. The molecule has 3 rings (SSSR count). The summed E-state index contributed by atoms with van der Waals surface area (Å²) in [6.45, 7) is 4.02. The lowest BCUT2D eigenvalue weighted by Gasteiger charge is -2.16. The number of hydrogen-bond donors (Lipinski definition) is 1. The molecule has 0 atom stereocenters.